The maximum atomic E-state index is 12.3. The molecule has 0 atom stereocenters. The highest BCUT2D eigenvalue weighted by molar-refractivity contribution is 7.16. The van der Waals surface area contributed by atoms with Gasteiger partial charge in [-0.25, -0.2) is 9.50 Å². The lowest BCUT2D eigenvalue weighted by Gasteiger charge is -1.98. The number of esters is 1. The van der Waals surface area contributed by atoms with E-state index in [2.05, 4.69) is 10.1 Å². The van der Waals surface area contributed by atoms with E-state index in [1.165, 1.54) is 6.20 Å². The molecule has 5 nitrogen and oxygen atoms in total. The van der Waals surface area contributed by atoms with Crippen LogP contribution in [0, 0.1) is 0 Å². The fourth-order valence-corrected chi connectivity index (χ4v) is 2.07. The number of alkyl halides is 3. The van der Waals surface area contributed by atoms with E-state index in [-0.39, 0.29) is 18.0 Å². The molecular formula is C9H8F3N3O2S. The van der Waals surface area contributed by atoms with Gasteiger partial charge in [0.05, 0.1) is 24.9 Å². The summed E-state index contributed by atoms with van der Waals surface area (Å²) in [5.74, 6) is -0.473. The molecule has 0 saturated carbocycles. The SMILES string of the molecule is CCOC(=O)Cc1cn2nc(C(F)(F)F)sc2n1. The predicted octanol–water partition coefficient (Wildman–Crippen LogP) is 1.92. The first-order valence-corrected chi connectivity index (χ1v) is 5.79. The van der Waals surface area contributed by atoms with E-state index in [1.807, 2.05) is 0 Å². The van der Waals surface area contributed by atoms with Gasteiger partial charge in [-0.3, -0.25) is 4.79 Å². The van der Waals surface area contributed by atoms with E-state index in [0.717, 1.165) is 4.52 Å². The quantitative estimate of drug-likeness (QED) is 0.805. The summed E-state index contributed by atoms with van der Waals surface area (Å²) in [5, 5.41) is 2.39. The van der Waals surface area contributed by atoms with Gasteiger partial charge in [-0.2, -0.15) is 13.2 Å². The summed E-state index contributed by atoms with van der Waals surface area (Å²) in [5.41, 5.74) is 0.334. The number of ether oxygens (including phenoxy) is 1. The van der Waals surface area contributed by atoms with Crippen molar-refractivity contribution >= 4 is 22.3 Å². The summed E-state index contributed by atoms with van der Waals surface area (Å²) < 4.78 is 42.8. The van der Waals surface area contributed by atoms with Gasteiger partial charge in [-0.05, 0) is 6.92 Å². The van der Waals surface area contributed by atoms with Crippen LogP contribution in [0.1, 0.15) is 17.6 Å². The fourth-order valence-electron chi connectivity index (χ4n) is 1.30. The Bertz CT molecular complexity index is 544. The van der Waals surface area contributed by atoms with E-state index in [0.29, 0.717) is 17.0 Å². The number of hydrogen-bond donors (Lipinski definition) is 0. The van der Waals surface area contributed by atoms with Crippen molar-refractivity contribution in [3.05, 3.63) is 16.9 Å². The molecule has 0 fully saturated rings. The highest BCUT2D eigenvalue weighted by atomic mass is 32.1. The van der Waals surface area contributed by atoms with E-state index in [4.69, 9.17) is 4.74 Å². The predicted molar refractivity (Wildman–Crippen MR) is 56.2 cm³/mol. The maximum Gasteiger partial charge on any atom is 0.445 e. The molecule has 0 aromatic carbocycles. The molecule has 18 heavy (non-hydrogen) atoms. The molecule has 0 N–H and O–H groups in total. The van der Waals surface area contributed by atoms with Gasteiger partial charge in [0.25, 0.3) is 0 Å². The Morgan fingerprint density at radius 3 is 2.83 bits per heavy atom. The van der Waals surface area contributed by atoms with Gasteiger partial charge in [-0.15, -0.1) is 5.10 Å². The van der Waals surface area contributed by atoms with Crippen LogP contribution in [0.3, 0.4) is 0 Å². The Balaban J connectivity index is 2.20. The van der Waals surface area contributed by atoms with Gasteiger partial charge >= 0.3 is 12.1 Å². The van der Waals surface area contributed by atoms with Crippen LogP contribution in [0.25, 0.3) is 4.96 Å². The highest BCUT2D eigenvalue weighted by Gasteiger charge is 2.35. The molecule has 2 aromatic heterocycles. The lowest BCUT2D eigenvalue weighted by Crippen LogP contribution is -2.08. The van der Waals surface area contributed by atoms with Crippen LogP contribution in [-0.4, -0.2) is 27.2 Å². The summed E-state index contributed by atoms with van der Waals surface area (Å²) in [6.45, 7) is 1.92. The standard InChI is InChI=1S/C9H8F3N3O2S/c1-2-17-6(16)3-5-4-15-8(13-5)18-7(14-15)9(10,11)12/h4H,2-3H2,1H3. The minimum Gasteiger partial charge on any atom is -0.466 e. The first kappa shape index (κ1) is 12.8. The van der Waals surface area contributed by atoms with Crippen LogP contribution in [0.15, 0.2) is 6.20 Å². The summed E-state index contributed by atoms with van der Waals surface area (Å²) in [7, 11) is 0. The Kier molecular flexibility index (Phi) is 3.24. The molecular weight excluding hydrogens is 271 g/mol. The van der Waals surface area contributed by atoms with Crippen molar-refractivity contribution in [2.45, 2.75) is 19.5 Å². The highest BCUT2D eigenvalue weighted by Crippen LogP contribution is 2.32. The number of fused-ring (bicyclic) bond motifs is 1. The average molecular weight is 279 g/mol. The number of carbonyl (C=O) groups excluding carboxylic acids is 1. The third kappa shape index (κ3) is 2.61. The summed E-state index contributed by atoms with van der Waals surface area (Å²) in [4.78, 5) is 15.2. The van der Waals surface area contributed by atoms with Gasteiger partial charge in [0.2, 0.25) is 9.97 Å². The molecule has 0 aliphatic rings. The number of hydrogen-bond acceptors (Lipinski definition) is 5. The van der Waals surface area contributed by atoms with E-state index in [9.17, 15) is 18.0 Å². The van der Waals surface area contributed by atoms with Crippen LogP contribution >= 0.6 is 11.3 Å². The molecule has 0 spiro atoms. The first-order valence-electron chi connectivity index (χ1n) is 4.98. The number of nitrogens with zero attached hydrogens (tertiary/aromatic N) is 3. The molecule has 0 aliphatic carbocycles. The minimum atomic E-state index is -4.48. The van der Waals surface area contributed by atoms with E-state index >= 15 is 0 Å². The molecule has 2 rings (SSSR count). The Labute approximate surface area is 103 Å². The van der Waals surface area contributed by atoms with Crippen LogP contribution in [0.5, 0.6) is 0 Å². The Morgan fingerprint density at radius 2 is 2.28 bits per heavy atom. The van der Waals surface area contributed by atoms with Crippen LogP contribution in [-0.2, 0) is 22.1 Å². The van der Waals surface area contributed by atoms with Gasteiger partial charge in [0, 0.05) is 0 Å². The normalized spacial score (nSPS) is 12.0. The first-order chi connectivity index (χ1) is 8.40. The average Bonchev–Trinajstić information content (AvgIpc) is 2.73. The molecule has 98 valence electrons. The third-order valence-corrected chi connectivity index (χ3v) is 2.93. The van der Waals surface area contributed by atoms with E-state index in [1.54, 1.807) is 6.92 Å². The zero-order valence-corrected chi connectivity index (χ0v) is 10.0. The molecule has 0 bridgehead atoms. The topological polar surface area (TPSA) is 56.5 Å². The Morgan fingerprint density at radius 1 is 1.56 bits per heavy atom. The number of aromatic nitrogens is 3. The second kappa shape index (κ2) is 4.56. The number of rotatable bonds is 3. The summed E-state index contributed by atoms with van der Waals surface area (Å²) in [6, 6.07) is 0. The van der Waals surface area contributed by atoms with Crippen LogP contribution in [0.2, 0.25) is 0 Å². The summed E-state index contributed by atoms with van der Waals surface area (Å²) >= 11 is 0.429. The zero-order valence-electron chi connectivity index (χ0n) is 9.19. The molecule has 0 amide bonds. The lowest BCUT2D eigenvalue weighted by molar-refractivity contribution is -0.142. The Hall–Kier alpha value is -1.64. The van der Waals surface area contributed by atoms with E-state index < -0.39 is 17.2 Å². The van der Waals surface area contributed by atoms with Gasteiger partial charge in [-0.1, -0.05) is 11.3 Å². The van der Waals surface area contributed by atoms with Crippen LogP contribution in [0.4, 0.5) is 13.2 Å². The smallest absolute Gasteiger partial charge is 0.445 e. The largest absolute Gasteiger partial charge is 0.466 e. The minimum absolute atomic E-state index is 0.0781. The molecule has 0 unspecified atom stereocenters. The van der Waals surface area contributed by atoms with Crippen molar-refractivity contribution in [1.82, 2.24) is 14.6 Å². The molecule has 2 aromatic rings. The van der Waals surface area contributed by atoms with Crippen molar-refractivity contribution in [1.29, 1.82) is 0 Å². The maximum absolute atomic E-state index is 12.3. The second-order valence-electron chi connectivity index (χ2n) is 3.35. The molecule has 0 radical (unpaired) electrons. The monoisotopic (exact) mass is 279 g/mol. The molecule has 9 heteroatoms. The van der Waals surface area contributed by atoms with Crippen molar-refractivity contribution in [3.8, 4) is 0 Å². The fraction of sp³-hybridized carbons (Fsp3) is 0.444. The molecule has 0 saturated heterocycles. The van der Waals surface area contributed by atoms with Crippen molar-refractivity contribution in [3.63, 3.8) is 0 Å². The summed E-state index contributed by atoms with van der Waals surface area (Å²) in [6.07, 6.45) is -3.27. The number of imidazole rings is 1. The molecule has 2 heterocycles. The molecule has 0 aliphatic heterocycles. The van der Waals surface area contributed by atoms with Gasteiger partial charge in [0.15, 0.2) is 0 Å². The van der Waals surface area contributed by atoms with Crippen LogP contribution < -0.4 is 0 Å². The van der Waals surface area contributed by atoms with Gasteiger partial charge < -0.3 is 4.74 Å². The number of carbonyl (C=O) groups is 1. The van der Waals surface area contributed by atoms with Gasteiger partial charge in [0.1, 0.15) is 0 Å². The van der Waals surface area contributed by atoms with Crippen molar-refractivity contribution in [2.24, 2.45) is 0 Å². The second-order valence-corrected chi connectivity index (χ2v) is 4.30. The zero-order chi connectivity index (χ0) is 13.3. The van der Waals surface area contributed by atoms with Crippen molar-refractivity contribution < 1.29 is 22.7 Å². The number of halogens is 3. The van der Waals surface area contributed by atoms with Crippen molar-refractivity contribution in [2.75, 3.05) is 6.61 Å². The lowest BCUT2D eigenvalue weighted by atomic mass is 10.3. The third-order valence-electron chi connectivity index (χ3n) is 1.97.